The summed E-state index contributed by atoms with van der Waals surface area (Å²) in [5, 5.41) is 9.22. The van der Waals surface area contributed by atoms with Gasteiger partial charge in [0.1, 0.15) is 0 Å². The van der Waals surface area contributed by atoms with Crippen molar-refractivity contribution in [2.45, 2.75) is 35.3 Å². The first-order valence-corrected chi connectivity index (χ1v) is 6.75. The number of hydrogen-bond donors (Lipinski definition) is 1. The number of aliphatic hydroxyl groups is 1. The molecule has 1 aromatic rings. The largest absolute Gasteiger partial charge is 0.417 e. The van der Waals surface area contributed by atoms with Crippen molar-refractivity contribution in [3.05, 3.63) is 28.2 Å². The number of halogens is 4. The first kappa shape index (κ1) is 13.2. The van der Waals surface area contributed by atoms with Crippen molar-refractivity contribution in [2.24, 2.45) is 0 Å². The molecule has 1 aliphatic carbocycles. The molecule has 1 fully saturated rings. The number of rotatable bonds is 2. The summed E-state index contributed by atoms with van der Waals surface area (Å²) in [5.74, 6) is 0. The van der Waals surface area contributed by atoms with Crippen molar-refractivity contribution in [3.63, 3.8) is 0 Å². The van der Waals surface area contributed by atoms with Crippen LogP contribution in [0, 0.1) is 0 Å². The summed E-state index contributed by atoms with van der Waals surface area (Å²) in [6.07, 6.45) is -3.55. The Morgan fingerprint density at radius 2 is 1.94 bits per heavy atom. The lowest BCUT2D eigenvalue weighted by molar-refractivity contribution is -0.139. The van der Waals surface area contributed by atoms with Gasteiger partial charge in [0, 0.05) is 14.6 Å². The summed E-state index contributed by atoms with van der Waals surface area (Å²) in [7, 11) is 0. The molecule has 0 atom stereocenters. The molecule has 1 saturated carbocycles. The molecule has 94 valence electrons. The first-order valence-electron chi connectivity index (χ1n) is 5.07. The maximum atomic E-state index is 12.8. The Morgan fingerprint density at radius 3 is 2.47 bits per heavy atom. The summed E-state index contributed by atoms with van der Waals surface area (Å²) < 4.78 is 38.9. The van der Waals surface area contributed by atoms with E-state index in [1.165, 1.54) is 23.9 Å². The summed E-state index contributed by atoms with van der Waals surface area (Å²) >= 11 is 4.37. The fourth-order valence-electron chi connectivity index (χ4n) is 1.64. The van der Waals surface area contributed by atoms with Gasteiger partial charge in [-0.1, -0.05) is 15.9 Å². The van der Waals surface area contributed by atoms with E-state index in [-0.39, 0.29) is 16.2 Å². The number of aliphatic hydroxyl groups excluding tert-OH is 1. The quantitative estimate of drug-likeness (QED) is 0.883. The van der Waals surface area contributed by atoms with Crippen molar-refractivity contribution < 1.29 is 18.3 Å². The van der Waals surface area contributed by atoms with Gasteiger partial charge in [-0.15, -0.1) is 11.8 Å². The number of alkyl halides is 3. The van der Waals surface area contributed by atoms with Gasteiger partial charge in [0.2, 0.25) is 0 Å². The minimum Gasteiger partial charge on any atom is -0.393 e. The monoisotopic (exact) mass is 326 g/mol. The van der Waals surface area contributed by atoms with Crippen LogP contribution in [0.4, 0.5) is 13.2 Å². The number of thioether (sulfide) groups is 1. The fraction of sp³-hybridized carbons (Fsp3) is 0.455. The molecule has 2 rings (SSSR count). The Morgan fingerprint density at radius 1 is 1.29 bits per heavy atom. The van der Waals surface area contributed by atoms with Gasteiger partial charge in [-0.3, -0.25) is 0 Å². The van der Waals surface area contributed by atoms with E-state index in [4.69, 9.17) is 5.11 Å². The van der Waals surface area contributed by atoms with E-state index in [9.17, 15) is 13.2 Å². The molecule has 0 spiro atoms. The van der Waals surface area contributed by atoms with E-state index in [0.29, 0.717) is 17.3 Å². The molecule has 1 N–H and O–H groups in total. The molecule has 1 aliphatic rings. The summed E-state index contributed by atoms with van der Waals surface area (Å²) in [6.45, 7) is 0. The lowest BCUT2D eigenvalue weighted by Crippen LogP contribution is -2.30. The van der Waals surface area contributed by atoms with Gasteiger partial charge < -0.3 is 5.11 Å². The van der Waals surface area contributed by atoms with Crippen LogP contribution >= 0.6 is 27.7 Å². The third-order valence-electron chi connectivity index (χ3n) is 2.61. The maximum absolute atomic E-state index is 12.8. The Hall–Kier alpha value is -0.200. The van der Waals surface area contributed by atoms with E-state index < -0.39 is 11.7 Å². The van der Waals surface area contributed by atoms with Crippen LogP contribution in [0.2, 0.25) is 0 Å². The van der Waals surface area contributed by atoms with Crippen LogP contribution in [0.25, 0.3) is 0 Å². The predicted octanol–water partition coefficient (Wildman–Crippen LogP) is 4.08. The van der Waals surface area contributed by atoms with Gasteiger partial charge in [-0.2, -0.15) is 13.2 Å². The molecule has 0 saturated heterocycles. The van der Waals surface area contributed by atoms with Crippen LogP contribution < -0.4 is 0 Å². The zero-order valence-corrected chi connectivity index (χ0v) is 11.1. The van der Waals surface area contributed by atoms with Crippen LogP contribution in [0.5, 0.6) is 0 Å². The Labute approximate surface area is 110 Å². The molecular formula is C11H10BrF3OS. The van der Waals surface area contributed by atoms with Crippen LogP contribution in [-0.4, -0.2) is 16.5 Å². The summed E-state index contributed by atoms with van der Waals surface area (Å²) in [4.78, 5) is 0.226. The lowest BCUT2D eigenvalue weighted by Gasteiger charge is -2.31. The second-order valence-electron chi connectivity index (χ2n) is 4.00. The highest BCUT2D eigenvalue weighted by Gasteiger charge is 2.36. The predicted molar refractivity (Wildman–Crippen MR) is 64.0 cm³/mol. The molecule has 0 bridgehead atoms. The highest BCUT2D eigenvalue weighted by Crippen LogP contribution is 2.43. The highest BCUT2D eigenvalue weighted by molar-refractivity contribution is 9.10. The van der Waals surface area contributed by atoms with Gasteiger partial charge in [0.15, 0.2) is 0 Å². The van der Waals surface area contributed by atoms with Gasteiger partial charge in [0.25, 0.3) is 0 Å². The molecule has 0 aromatic heterocycles. The van der Waals surface area contributed by atoms with Crippen LogP contribution in [0.1, 0.15) is 18.4 Å². The van der Waals surface area contributed by atoms with Crippen molar-refractivity contribution in [1.82, 2.24) is 0 Å². The normalized spacial score (nSPS) is 24.5. The number of hydrogen-bond acceptors (Lipinski definition) is 2. The fourth-order valence-corrected chi connectivity index (χ4v) is 3.66. The van der Waals surface area contributed by atoms with E-state index in [0.717, 1.165) is 6.07 Å². The average Bonchev–Trinajstić information content (AvgIpc) is 2.13. The summed E-state index contributed by atoms with van der Waals surface area (Å²) in [5.41, 5.74) is -0.605. The van der Waals surface area contributed by atoms with Gasteiger partial charge in [0.05, 0.1) is 11.7 Å². The molecule has 1 nitrogen and oxygen atoms in total. The molecule has 0 heterocycles. The smallest absolute Gasteiger partial charge is 0.393 e. The molecule has 0 unspecified atom stereocenters. The molecule has 0 aliphatic heterocycles. The average molecular weight is 327 g/mol. The van der Waals surface area contributed by atoms with E-state index >= 15 is 0 Å². The third kappa shape index (κ3) is 3.17. The van der Waals surface area contributed by atoms with Crippen molar-refractivity contribution in [2.75, 3.05) is 0 Å². The second-order valence-corrected chi connectivity index (χ2v) is 6.26. The zero-order chi connectivity index (χ0) is 12.6. The molecular weight excluding hydrogens is 317 g/mol. The topological polar surface area (TPSA) is 20.2 Å². The van der Waals surface area contributed by atoms with Crippen LogP contribution in [0.3, 0.4) is 0 Å². The van der Waals surface area contributed by atoms with Gasteiger partial charge in [-0.25, -0.2) is 0 Å². The van der Waals surface area contributed by atoms with Gasteiger partial charge >= 0.3 is 6.18 Å². The molecule has 0 amide bonds. The molecule has 0 radical (unpaired) electrons. The molecule has 17 heavy (non-hydrogen) atoms. The standard InChI is InChI=1S/C11H10BrF3OS/c12-6-1-2-9(11(13,14)15)10(3-6)17-8-4-7(16)5-8/h1-3,7-8,16H,4-5H2/t7-,8+. The Balaban J connectivity index is 2.21. The maximum Gasteiger partial charge on any atom is 0.417 e. The van der Waals surface area contributed by atoms with Crippen molar-refractivity contribution >= 4 is 27.7 Å². The second kappa shape index (κ2) is 4.82. The highest BCUT2D eigenvalue weighted by atomic mass is 79.9. The minimum atomic E-state index is -4.33. The Bertz CT molecular complexity index is 416. The zero-order valence-electron chi connectivity index (χ0n) is 8.67. The van der Waals surface area contributed by atoms with Gasteiger partial charge in [-0.05, 0) is 31.0 Å². The Kier molecular flexibility index (Phi) is 3.75. The van der Waals surface area contributed by atoms with E-state index in [1.807, 2.05) is 0 Å². The van der Waals surface area contributed by atoms with Crippen molar-refractivity contribution in [1.29, 1.82) is 0 Å². The van der Waals surface area contributed by atoms with E-state index in [1.54, 1.807) is 0 Å². The lowest BCUT2D eigenvalue weighted by atomic mass is 9.96. The molecule has 1 aromatic carbocycles. The van der Waals surface area contributed by atoms with Crippen molar-refractivity contribution in [3.8, 4) is 0 Å². The first-order chi connectivity index (χ1) is 7.86. The number of benzene rings is 1. The summed E-state index contributed by atoms with van der Waals surface area (Å²) in [6, 6.07) is 3.96. The third-order valence-corrected chi connectivity index (χ3v) is 4.42. The molecule has 6 heteroatoms. The van der Waals surface area contributed by atoms with Crippen LogP contribution in [0.15, 0.2) is 27.6 Å². The minimum absolute atomic E-state index is 0.0837. The van der Waals surface area contributed by atoms with E-state index in [2.05, 4.69) is 15.9 Å². The SMILES string of the molecule is O[C@H]1C[C@@H](Sc2cc(Br)ccc2C(F)(F)F)C1. The van der Waals surface area contributed by atoms with Crippen LogP contribution in [-0.2, 0) is 6.18 Å².